The molecule has 11 heteroatoms. The highest BCUT2D eigenvalue weighted by Gasteiger charge is 2.31. The van der Waals surface area contributed by atoms with Crippen molar-refractivity contribution >= 4 is 29.6 Å². The fourth-order valence-corrected chi connectivity index (χ4v) is 2.28. The summed E-state index contributed by atoms with van der Waals surface area (Å²) in [6.45, 7) is 8.20. The van der Waals surface area contributed by atoms with Crippen molar-refractivity contribution in [2.24, 2.45) is 23.3 Å². The summed E-state index contributed by atoms with van der Waals surface area (Å²) in [7, 11) is 0. The highest BCUT2D eigenvalue weighted by atomic mass is 16.4. The Hall–Kier alpha value is -2.69. The Kier molecular flexibility index (Phi) is 10.9. The molecule has 0 spiro atoms. The fourth-order valence-electron chi connectivity index (χ4n) is 2.28. The average molecular weight is 415 g/mol. The number of nitrogens with one attached hydrogen (secondary N) is 3. The molecule has 0 heterocycles. The van der Waals surface area contributed by atoms with Crippen LogP contribution in [0.4, 0.5) is 0 Å². The Morgan fingerprint density at radius 1 is 0.828 bits per heavy atom. The molecule has 0 rings (SSSR count). The van der Waals surface area contributed by atoms with E-state index in [1.807, 2.05) is 0 Å². The topological polar surface area (TPSA) is 194 Å². The summed E-state index contributed by atoms with van der Waals surface area (Å²) < 4.78 is 0. The molecular formula is C18H33N5O6. The summed E-state index contributed by atoms with van der Waals surface area (Å²) in [6.07, 6.45) is -0.319. The lowest BCUT2D eigenvalue weighted by Crippen LogP contribution is -2.58. The van der Waals surface area contributed by atoms with Crippen LogP contribution in [0.2, 0.25) is 0 Å². The van der Waals surface area contributed by atoms with Gasteiger partial charge in [-0.25, -0.2) is 0 Å². The van der Waals surface area contributed by atoms with Crippen molar-refractivity contribution in [3.63, 3.8) is 0 Å². The Morgan fingerprint density at radius 2 is 1.38 bits per heavy atom. The van der Waals surface area contributed by atoms with Crippen LogP contribution < -0.4 is 27.4 Å². The number of carboxylic acid groups (broad SMARTS) is 1. The maximum Gasteiger partial charge on any atom is 0.325 e. The monoisotopic (exact) mass is 415 g/mol. The Bertz CT molecular complexity index is 622. The third-order valence-electron chi connectivity index (χ3n) is 4.31. The lowest BCUT2D eigenvalue weighted by atomic mass is 9.99. The van der Waals surface area contributed by atoms with E-state index in [0.717, 1.165) is 0 Å². The number of hydrogen-bond acceptors (Lipinski definition) is 6. The molecule has 29 heavy (non-hydrogen) atoms. The molecule has 0 bridgehead atoms. The second kappa shape index (κ2) is 12.0. The predicted molar refractivity (Wildman–Crippen MR) is 105 cm³/mol. The Balaban J connectivity index is 5.34. The van der Waals surface area contributed by atoms with Crippen molar-refractivity contribution in [3.05, 3.63) is 0 Å². The van der Waals surface area contributed by atoms with Gasteiger partial charge in [-0.3, -0.25) is 24.0 Å². The van der Waals surface area contributed by atoms with Gasteiger partial charge in [0.1, 0.15) is 18.1 Å². The van der Waals surface area contributed by atoms with Crippen molar-refractivity contribution in [1.82, 2.24) is 16.0 Å². The molecule has 0 aliphatic rings. The van der Waals surface area contributed by atoms with Gasteiger partial charge in [0.05, 0.1) is 6.04 Å². The third kappa shape index (κ3) is 9.37. The highest BCUT2D eigenvalue weighted by molar-refractivity contribution is 5.94. The van der Waals surface area contributed by atoms with E-state index in [-0.39, 0.29) is 24.7 Å². The number of primary amides is 1. The molecule has 0 fully saturated rings. The van der Waals surface area contributed by atoms with Gasteiger partial charge in [0.25, 0.3) is 0 Å². The maximum absolute atomic E-state index is 12.7. The largest absolute Gasteiger partial charge is 0.480 e. The molecule has 4 amide bonds. The number of carbonyl (C=O) groups is 5. The second-order valence-electron chi connectivity index (χ2n) is 7.63. The molecule has 0 saturated heterocycles. The van der Waals surface area contributed by atoms with E-state index in [2.05, 4.69) is 16.0 Å². The number of carbonyl (C=O) groups excluding carboxylic acids is 4. The van der Waals surface area contributed by atoms with Crippen molar-refractivity contribution in [2.45, 2.75) is 71.6 Å². The summed E-state index contributed by atoms with van der Waals surface area (Å²) >= 11 is 0. The SMILES string of the molecule is CC(NC(=O)C(CCC(N)=O)NC(=O)C(NC(=O)C(N)C(C)C)C(C)C)C(=O)O. The van der Waals surface area contributed by atoms with Gasteiger partial charge in [-0.05, 0) is 25.2 Å². The van der Waals surface area contributed by atoms with Crippen LogP contribution in [0.3, 0.4) is 0 Å². The molecule has 4 atom stereocenters. The molecular weight excluding hydrogens is 382 g/mol. The molecule has 0 radical (unpaired) electrons. The van der Waals surface area contributed by atoms with Crippen molar-refractivity contribution in [3.8, 4) is 0 Å². The lowest BCUT2D eigenvalue weighted by molar-refractivity contribution is -0.142. The zero-order chi connectivity index (χ0) is 22.9. The molecule has 0 aromatic rings. The Labute approximate surface area is 170 Å². The number of hydrogen-bond donors (Lipinski definition) is 6. The minimum absolute atomic E-state index is 0.122. The molecule has 4 unspecified atom stereocenters. The van der Waals surface area contributed by atoms with Gasteiger partial charge in [0.15, 0.2) is 0 Å². The minimum Gasteiger partial charge on any atom is -0.480 e. The number of nitrogens with two attached hydrogens (primary N) is 2. The summed E-state index contributed by atoms with van der Waals surface area (Å²) in [5.74, 6) is -4.34. The predicted octanol–water partition coefficient (Wildman–Crippen LogP) is -1.55. The molecule has 0 aliphatic heterocycles. The van der Waals surface area contributed by atoms with E-state index in [0.29, 0.717) is 0 Å². The van der Waals surface area contributed by atoms with Gasteiger partial charge in [-0.15, -0.1) is 0 Å². The summed E-state index contributed by atoms with van der Waals surface area (Å²) in [6, 6.07) is -4.18. The Morgan fingerprint density at radius 3 is 1.79 bits per heavy atom. The van der Waals surface area contributed by atoms with Gasteiger partial charge in [-0.1, -0.05) is 27.7 Å². The molecule has 0 aromatic carbocycles. The fraction of sp³-hybridized carbons (Fsp3) is 0.722. The number of aliphatic carboxylic acids is 1. The molecule has 0 aliphatic carbocycles. The zero-order valence-electron chi connectivity index (χ0n) is 17.5. The number of rotatable bonds is 12. The van der Waals surface area contributed by atoms with Crippen LogP contribution in [-0.4, -0.2) is 58.9 Å². The second-order valence-corrected chi connectivity index (χ2v) is 7.63. The van der Waals surface area contributed by atoms with Crippen LogP contribution in [-0.2, 0) is 24.0 Å². The minimum atomic E-state index is -1.26. The molecule has 0 saturated carbocycles. The summed E-state index contributed by atoms with van der Waals surface area (Å²) in [5.41, 5.74) is 10.9. The van der Waals surface area contributed by atoms with E-state index in [1.54, 1.807) is 27.7 Å². The standard InChI is InChI=1S/C18H33N5O6/c1-8(2)13(20)16(26)23-14(9(3)4)17(27)22-11(6-7-12(19)24)15(25)21-10(5)18(28)29/h8-11,13-14H,6-7,20H2,1-5H3,(H2,19,24)(H,21,25)(H,22,27)(H,23,26)(H,28,29). The summed E-state index contributed by atoms with van der Waals surface area (Å²) in [5, 5.41) is 16.2. The van der Waals surface area contributed by atoms with E-state index < -0.39 is 53.8 Å². The van der Waals surface area contributed by atoms with Crippen LogP contribution in [0, 0.1) is 11.8 Å². The number of carboxylic acids is 1. The van der Waals surface area contributed by atoms with E-state index in [4.69, 9.17) is 16.6 Å². The lowest BCUT2D eigenvalue weighted by Gasteiger charge is -2.27. The molecule has 166 valence electrons. The molecule has 11 nitrogen and oxygen atoms in total. The first kappa shape index (κ1) is 26.3. The summed E-state index contributed by atoms with van der Waals surface area (Å²) in [4.78, 5) is 59.3. The first-order chi connectivity index (χ1) is 13.3. The van der Waals surface area contributed by atoms with E-state index >= 15 is 0 Å². The third-order valence-corrected chi connectivity index (χ3v) is 4.31. The maximum atomic E-state index is 12.7. The smallest absolute Gasteiger partial charge is 0.325 e. The van der Waals surface area contributed by atoms with Crippen molar-refractivity contribution < 1.29 is 29.1 Å². The first-order valence-corrected chi connectivity index (χ1v) is 9.45. The van der Waals surface area contributed by atoms with Crippen molar-refractivity contribution in [1.29, 1.82) is 0 Å². The van der Waals surface area contributed by atoms with Crippen LogP contribution >= 0.6 is 0 Å². The van der Waals surface area contributed by atoms with E-state index in [1.165, 1.54) is 6.92 Å². The molecule has 8 N–H and O–H groups in total. The highest BCUT2D eigenvalue weighted by Crippen LogP contribution is 2.07. The van der Waals surface area contributed by atoms with Crippen molar-refractivity contribution in [2.75, 3.05) is 0 Å². The van der Waals surface area contributed by atoms with E-state index in [9.17, 15) is 24.0 Å². The van der Waals surface area contributed by atoms with Gasteiger partial charge in [-0.2, -0.15) is 0 Å². The average Bonchev–Trinajstić information content (AvgIpc) is 2.60. The van der Waals surface area contributed by atoms with Gasteiger partial charge in [0.2, 0.25) is 23.6 Å². The zero-order valence-corrected chi connectivity index (χ0v) is 17.5. The van der Waals surface area contributed by atoms with Crippen LogP contribution in [0.5, 0.6) is 0 Å². The molecule has 0 aromatic heterocycles. The normalized spacial score (nSPS) is 15.2. The van der Waals surface area contributed by atoms with Crippen LogP contribution in [0.25, 0.3) is 0 Å². The first-order valence-electron chi connectivity index (χ1n) is 9.45. The van der Waals surface area contributed by atoms with Crippen LogP contribution in [0.1, 0.15) is 47.5 Å². The van der Waals surface area contributed by atoms with Gasteiger partial charge < -0.3 is 32.5 Å². The van der Waals surface area contributed by atoms with Crippen LogP contribution in [0.15, 0.2) is 0 Å². The number of amides is 4. The van der Waals surface area contributed by atoms with Gasteiger partial charge >= 0.3 is 5.97 Å². The van der Waals surface area contributed by atoms with Gasteiger partial charge in [0, 0.05) is 6.42 Å². The quantitative estimate of drug-likeness (QED) is 0.222.